The van der Waals surface area contributed by atoms with E-state index in [0.29, 0.717) is 11.4 Å². The van der Waals surface area contributed by atoms with Gasteiger partial charge in [-0.15, -0.1) is 13.2 Å². The summed E-state index contributed by atoms with van der Waals surface area (Å²) in [5.74, 6) is -0.284. The molecule has 0 atom stereocenters. The molecular formula is C43H28BF3N2O. The summed E-state index contributed by atoms with van der Waals surface area (Å²) in [5.41, 5.74) is 11.7. The maximum absolute atomic E-state index is 14.1. The topological polar surface area (TPSA) is 15.7 Å². The van der Waals surface area contributed by atoms with Gasteiger partial charge in [0.2, 0.25) is 0 Å². The van der Waals surface area contributed by atoms with Crippen LogP contribution in [0.1, 0.15) is 0 Å². The summed E-state index contributed by atoms with van der Waals surface area (Å²) in [6.07, 6.45) is -4.89. The first-order valence-corrected chi connectivity index (χ1v) is 16.5. The smallest absolute Gasteiger partial charge is 0.406 e. The summed E-state index contributed by atoms with van der Waals surface area (Å²) in [5, 5.41) is 0. The second-order valence-electron chi connectivity index (χ2n) is 12.4. The predicted molar refractivity (Wildman–Crippen MR) is 198 cm³/mol. The Bertz CT molecular complexity index is 2220. The van der Waals surface area contributed by atoms with E-state index in [2.05, 4.69) is 70.5 Å². The van der Waals surface area contributed by atoms with E-state index in [0.717, 1.165) is 61.4 Å². The van der Waals surface area contributed by atoms with Crippen LogP contribution in [0.5, 0.6) is 5.75 Å². The van der Waals surface area contributed by atoms with Gasteiger partial charge in [0.15, 0.2) is 0 Å². The standard InChI is InChI=1S/C43H28BF3N2O/c45-43(46,47)50-31-27-40-42-41(28-31)49(37-24-12-8-20-33(37)30-17-5-2-6-18-30)39-26-14-10-22-35(39)44(42)34-21-9-13-25-38(34)48(40)36-23-11-7-19-32(36)29-15-3-1-4-16-29/h1-28H. The van der Waals surface area contributed by atoms with Crippen molar-refractivity contribution in [3.05, 3.63) is 170 Å². The average Bonchev–Trinajstić information content (AvgIpc) is 3.15. The van der Waals surface area contributed by atoms with Gasteiger partial charge in [-0.25, -0.2) is 0 Å². The Kier molecular flexibility index (Phi) is 7.02. The molecule has 0 unspecified atom stereocenters. The van der Waals surface area contributed by atoms with Crippen molar-refractivity contribution < 1.29 is 17.9 Å². The zero-order chi connectivity index (χ0) is 33.8. The molecule has 0 amide bonds. The largest absolute Gasteiger partial charge is 0.573 e. The monoisotopic (exact) mass is 656 g/mol. The minimum absolute atomic E-state index is 0.243. The van der Waals surface area contributed by atoms with Crippen molar-refractivity contribution in [3.63, 3.8) is 0 Å². The molecule has 0 saturated heterocycles. The number of para-hydroxylation sites is 4. The van der Waals surface area contributed by atoms with Gasteiger partial charge < -0.3 is 14.5 Å². The van der Waals surface area contributed by atoms with E-state index in [1.165, 1.54) is 0 Å². The van der Waals surface area contributed by atoms with Gasteiger partial charge in [-0.05, 0) is 51.8 Å². The first-order chi connectivity index (χ1) is 24.5. The van der Waals surface area contributed by atoms with Crippen LogP contribution < -0.4 is 30.9 Å². The number of halogens is 3. The molecule has 0 aromatic heterocycles. The highest BCUT2D eigenvalue weighted by molar-refractivity contribution is 7.00. The number of benzene rings is 7. The minimum atomic E-state index is -4.89. The fourth-order valence-electron chi connectivity index (χ4n) is 7.64. The number of alkyl halides is 3. The maximum Gasteiger partial charge on any atom is 0.573 e. The number of nitrogens with zero attached hydrogens (tertiary/aromatic N) is 2. The normalized spacial score (nSPS) is 13.0. The first-order valence-electron chi connectivity index (χ1n) is 16.5. The zero-order valence-electron chi connectivity index (χ0n) is 26.7. The number of rotatable bonds is 5. The lowest BCUT2D eigenvalue weighted by Crippen LogP contribution is -2.61. The molecule has 0 aliphatic carbocycles. The second kappa shape index (κ2) is 11.7. The Morgan fingerprint density at radius 1 is 0.420 bits per heavy atom. The molecule has 7 aromatic carbocycles. The third kappa shape index (κ3) is 4.93. The minimum Gasteiger partial charge on any atom is -0.406 e. The van der Waals surface area contributed by atoms with Crippen LogP contribution in [-0.2, 0) is 0 Å². The van der Waals surface area contributed by atoms with Crippen LogP contribution in [0.15, 0.2) is 170 Å². The van der Waals surface area contributed by atoms with Crippen molar-refractivity contribution in [2.24, 2.45) is 0 Å². The number of hydrogen-bond acceptors (Lipinski definition) is 3. The van der Waals surface area contributed by atoms with E-state index in [1.807, 2.05) is 97.1 Å². The van der Waals surface area contributed by atoms with Crippen LogP contribution in [-0.4, -0.2) is 13.1 Å². The molecule has 0 saturated carbocycles. The molecule has 0 radical (unpaired) electrons. The van der Waals surface area contributed by atoms with Crippen molar-refractivity contribution in [2.45, 2.75) is 6.36 Å². The molecule has 3 nitrogen and oxygen atoms in total. The summed E-state index contributed by atoms with van der Waals surface area (Å²) in [7, 11) is 0. The Morgan fingerprint density at radius 3 is 1.24 bits per heavy atom. The van der Waals surface area contributed by atoms with Gasteiger partial charge in [0.05, 0.1) is 11.4 Å². The van der Waals surface area contributed by atoms with Gasteiger partial charge in [-0.3, -0.25) is 0 Å². The van der Waals surface area contributed by atoms with Crippen LogP contribution in [0.2, 0.25) is 0 Å². The fourth-order valence-corrected chi connectivity index (χ4v) is 7.64. The van der Waals surface area contributed by atoms with Crippen LogP contribution in [0, 0.1) is 0 Å². The first kappa shape index (κ1) is 29.9. The van der Waals surface area contributed by atoms with E-state index < -0.39 is 6.36 Å². The fraction of sp³-hybridized carbons (Fsp3) is 0.0233. The molecule has 0 fully saturated rings. The van der Waals surface area contributed by atoms with E-state index in [9.17, 15) is 13.2 Å². The predicted octanol–water partition coefficient (Wildman–Crippen LogP) is 10.0. The maximum atomic E-state index is 14.1. The molecule has 0 bridgehead atoms. The molecule has 7 aromatic rings. The van der Waals surface area contributed by atoms with Crippen LogP contribution in [0.3, 0.4) is 0 Å². The number of anilines is 6. The van der Waals surface area contributed by atoms with Gasteiger partial charge in [-0.2, -0.15) is 0 Å². The van der Waals surface area contributed by atoms with Crippen molar-refractivity contribution in [1.82, 2.24) is 0 Å². The number of ether oxygens (including phenoxy) is 1. The molecule has 2 heterocycles. The van der Waals surface area contributed by atoms with Crippen LogP contribution in [0.4, 0.5) is 47.3 Å². The lowest BCUT2D eigenvalue weighted by atomic mass is 9.33. The van der Waals surface area contributed by atoms with Gasteiger partial charge in [0.25, 0.3) is 6.71 Å². The summed E-state index contributed by atoms with van der Waals surface area (Å²) in [6.45, 7) is -0.243. The average molecular weight is 657 g/mol. The third-order valence-corrected chi connectivity index (χ3v) is 9.55. The highest BCUT2D eigenvalue weighted by atomic mass is 19.4. The highest BCUT2D eigenvalue weighted by Gasteiger charge is 2.44. The van der Waals surface area contributed by atoms with E-state index >= 15 is 0 Å². The number of fused-ring (bicyclic) bond motifs is 4. The molecule has 2 aliphatic heterocycles. The Hall–Kier alpha value is -6.21. The number of hydrogen-bond donors (Lipinski definition) is 0. The molecule has 2 aliphatic rings. The summed E-state index contributed by atoms with van der Waals surface area (Å²) < 4.78 is 47.2. The Morgan fingerprint density at radius 2 is 0.800 bits per heavy atom. The van der Waals surface area contributed by atoms with Crippen molar-refractivity contribution in [1.29, 1.82) is 0 Å². The Balaban J connectivity index is 1.38. The SMILES string of the molecule is FC(F)(F)Oc1cc2c3c(c1)N(c1ccccc1-c1ccccc1)c1ccccc1B3c1ccccc1N2c1ccccc1-c1ccccc1. The lowest BCUT2D eigenvalue weighted by Gasteiger charge is -2.44. The molecule has 9 rings (SSSR count). The summed E-state index contributed by atoms with van der Waals surface area (Å²) >= 11 is 0. The van der Waals surface area contributed by atoms with Gasteiger partial charge >= 0.3 is 6.36 Å². The van der Waals surface area contributed by atoms with Crippen LogP contribution >= 0.6 is 0 Å². The molecule has 7 heteroatoms. The third-order valence-electron chi connectivity index (χ3n) is 9.55. The van der Waals surface area contributed by atoms with E-state index in [-0.39, 0.29) is 12.5 Å². The van der Waals surface area contributed by atoms with Crippen molar-refractivity contribution in [2.75, 3.05) is 9.80 Å². The van der Waals surface area contributed by atoms with Gasteiger partial charge in [0.1, 0.15) is 5.75 Å². The van der Waals surface area contributed by atoms with E-state index in [4.69, 9.17) is 4.74 Å². The van der Waals surface area contributed by atoms with E-state index in [1.54, 1.807) is 12.1 Å². The second-order valence-corrected chi connectivity index (χ2v) is 12.4. The molecule has 240 valence electrons. The highest BCUT2D eigenvalue weighted by Crippen LogP contribution is 2.49. The Labute approximate surface area is 288 Å². The van der Waals surface area contributed by atoms with Crippen molar-refractivity contribution in [3.8, 4) is 28.0 Å². The van der Waals surface area contributed by atoms with Crippen LogP contribution in [0.25, 0.3) is 22.3 Å². The summed E-state index contributed by atoms with van der Waals surface area (Å²) in [4.78, 5) is 4.21. The summed E-state index contributed by atoms with van der Waals surface area (Å²) in [6, 6.07) is 55.7. The van der Waals surface area contributed by atoms with Gasteiger partial charge in [0, 0.05) is 46.0 Å². The molecular weight excluding hydrogens is 628 g/mol. The van der Waals surface area contributed by atoms with Crippen molar-refractivity contribution >= 4 is 57.2 Å². The zero-order valence-corrected chi connectivity index (χ0v) is 26.7. The molecule has 0 spiro atoms. The lowest BCUT2D eigenvalue weighted by molar-refractivity contribution is -0.274. The molecule has 50 heavy (non-hydrogen) atoms. The quantitative estimate of drug-likeness (QED) is 0.172. The molecule has 0 N–H and O–H groups in total. The van der Waals surface area contributed by atoms with Gasteiger partial charge in [-0.1, -0.05) is 133 Å².